The Kier molecular flexibility index (Phi) is 5.77. The first kappa shape index (κ1) is 20.0. The number of carbonyl (C=O) groups excluding carboxylic acids is 1. The second-order valence-corrected chi connectivity index (χ2v) is 9.24. The molecular weight excluding hydrogens is 422 g/mol. The van der Waals surface area contributed by atoms with Gasteiger partial charge in [0.05, 0.1) is 9.83 Å². The van der Waals surface area contributed by atoms with Crippen LogP contribution in [0.1, 0.15) is 5.56 Å². The van der Waals surface area contributed by atoms with Gasteiger partial charge >= 0.3 is 0 Å². The summed E-state index contributed by atoms with van der Waals surface area (Å²) in [5.74, 6) is -0.448. The lowest BCUT2D eigenvalue weighted by atomic mass is 10.2. The van der Waals surface area contributed by atoms with Crippen LogP contribution >= 0.6 is 23.1 Å². The average Bonchev–Trinajstić information content (AvgIpc) is 3.28. The minimum atomic E-state index is -3.95. The molecule has 0 N–H and O–H groups in total. The summed E-state index contributed by atoms with van der Waals surface area (Å²) in [6.07, 6.45) is 2.93. The van der Waals surface area contributed by atoms with Gasteiger partial charge in [0.25, 0.3) is 21.6 Å². The molecule has 1 aromatic carbocycles. The largest absolute Gasteiger partial charge is 0.294 e. The molecule has 11 heteroatoms. The van der Waals surface area contributed by atoms with E-state index >= 15 is 0 Å². The van der Waals surface area contributed by atoms with Crippen LogP contribution in [0.4, 0.5) is 5.69 Å². The molecule has 1 saturated heterocycles. The number of amides is 1. The molecule has 0 aliphatic carbocycles. The van der Waals surface area contributed by atoms with Crippen molar-refractivity contribution >= 4 is 56.0 Å². The third-order valence-electron chi connectivity index (χ3n) is 3.53. The lowest BCUT2D eigenvalue weighted by molar-refractivity contribution is -0.384. The minimum Gasteiger partial charge on any atom is -0.282 e. The number of rotatable bonds is 6. The van der Waals surface area contributed by atoms with Gasteiger partial charge in [0.2, 0.25) is 0 Å². The molecule has 0 unspecified atom stereocenters. The van der Waals surface area contributed by atoms with Crippen molar-refractivity contribution in [3.63, 3.8) is 0 Å². The van der Waals surface area contributed by atoms with Crippen molar-refractivity contribution in [3.05, 3.63) is 75.0 Å². The Balaban J connectivity index is 1.99. The van der Waals surface area contributed by atoms with E-state index in [9.17, 15) is 23.3 Å². The molecule has 0 atom stereocenters. The number of non-ortho nitro benzene ring substituents is 1. The molecule has 1 aromatic heterocycles. The smallest absolute Gasteiger partial charge is 0.282 e. The van der Waals surface area contributed by atoms with Crippen LogP contribution < -0.4 is 0 Å². The van der Waals surface area contributed by atoms with Gasteiger partial charge in [-0.05, 0) is 34.8 Å². The van der Waals surface area contributed by atoms with Gasteiger partial charge in [-0.3, -0.25) is 19.8 Å². The quantitative estimate of drug-likeness (QED) is 0.297. The molecule has 1 aliphatic rings. The summed E-state index contributed by atoms with van der Waals surface area (Å²) in [5.41, 5.74) is 0.341. The zero-order valence-electron chi connectivity index (χ0n) is 14.2. The monoisotopic (exact) mass is 435 g/mol. The van der Waals surface area contributed by atoms with Gasteiger partial charge in [0.15, 0.2) is 5.17 Å². The van der Waals surface area contributed by atoms with Crippen molar-refractivity contribution in [1.82, 2.24) is 4.90 Å². The fourth-order valence-corrected chi connectivity index (χ4v) is 5.46. The van der Waals surface area contributed by atoms with Gasteiger partial charge in [0.1, 0.15) is 4.21 Å². The van der Waals surface area contributed by atoms with E-state index in [0.717, 1.165) is 23.1 Å². The van der Waals surface area contributed by atoms with E-state index in [1.165, 1.54) is 41.3 Å². The predicted molar refractivity (Wildman–Crippen MR) is 110 cm³/mol. The highest BCUT2D eigenvalue weighted by molar-refractivity contribution is 8.19. The van der Waals surface area contributed by atoms with Gasteiger partial charge < -0.3 is 0 Å². The van der Waals surface area contributed by atoms with E-state index in [-0.39, 0.29) is 26.5 Å². The van der Waals surface area contributed by atoms with Crippen LogP contribution in [0, 0.1) is 10.1 Å². The van der Waals surface area contributed by atoms with E-state index in [4.69, 9.17) is 0 Å². The summed E-state index contributed by atoms with van der Waals surface area (Å²) in [5, 5.41) is 12.6. The number of nitrogens with zero attached hydrogens (tertiary/aromatic N) is 3. The van der Waals surface area contributed by atoms with Crippen LogP contribution in [0.5, 0.6) is 0 Å². The first-order chi connectivity index (χ1) is 13.3. The molecule has 1 amide bonds. The second-order valence-electron chi connectivity index (χ2n) is 5.45. The Hall–Kier alpha value is -2.76. The topological polar surface area (TPSA) is 110 Å². The van der Waals surface area contributed by atoms with Crippen LogP contribution in [0.3, 0.4) is 0 Å². The van der Waals surface area contributed by atoms with Crippen LogP contribution in [0.2, 0.25) is 0 Å². The van der Waals surface area contributed by atoms with Crippen LogP contribution in [-0.4, -0.2) is 35.9 Å². The molecule has 0 radical (unpaired) electrons. The Bertz CT molecular complexity index is 1100. The highest BCUT2D eigenvalue weighted by atomic mass is 32.2. The first-order valence-corrected chi connectivity index (χ1v) is 10.9. The standard InChI is InChI=1S/C17H13N3O5S3/c1-2-8-19-16(21)14(11-12-5-3-6-13(10-12)20(22)23)27-17(19)18-28(24,25)15-7-4-9-26-15/h2-7,9-11H,1,8H2/b14-11-,18-17+. The van der Waals surface area contributed by atoms with Crippen LogP contribution in [0.15, 0.2) is 67.9 Å². The van der Waals surface area contributed by atoms with E-state index in [2.05, 4.69) is 11.0 Å². The van der Waals surface area contributed by atoms with Crippen molar-refractivity contribution < 1.29 is 18.1 Å². The fraction of sp³-hybridized carbons (Fsp3) is 0.0588. The molecule has 2 heterocycles. The number of amidine groups is 1. The normalized spacial score (nSPS) is 17.4. The number of hydrogen-bond acceptors (Lipinski definition) is 7. The summed E-state index contributed by atoms with van der Waals surface area (Å²) < 4.78 is 28.8. The number of sulfonamides is 1. The van der Waals surface area contributed by atoms with Crippen molar-refractivity contribution in [2.24, 2.45) is 4.40 Å². The lowest BCUT2D eigenvalue weighted by Crippen LogP contribution is -2.29. The third kappa shape index (κ3) is 4.21. The van der Waals surface area contributed by atoms with Gasteiger partial charge in [-0.25, -0.2) is 0 Å². The average molecular weight is 436 g/mol. The number of benzene rings is 1. The Morgan fingerprint density at radius 1 is 1.29 bits per heavy atom. The third-order valence-corrected chi connectivity index (χ3v) is 7.29. The van der Waals surface area contributed by atoms with E-state index < -0.39 is 20.9 Å². The first-order valence-electron chi connectivity index (χ1n) is 7.77. The molecule has 28 heavy (non-hydrogen) atoms. The van der Waals surface area contributed by atoms with Crippen LogP contribution in [0.25, 0.3) is 6.08 Å². The fourth-order valence-electron chi connectivity index (χ4n) is 2.30. The van der Waals surface area contributed by atoms with E-state index in [1.54, 1.807) is 17.5 Å². The number of thioether (sulfide) groups is 1. The predicted octanol–water partition coefficient (Wildman–Crippen LogP) is 3.50. The Morgan fingerprint density at radius 2 is 2.07 bits per heavy atom. The Labute approximate surface area is 169 Å². The number of thiophene rings is 1. The maximum atomic E-state index is 12.7. The number of nitro groups is 1. The molecule has 3 rings (SSSR count). The molecule has 1 fully saturated rings. The summed E-state index contributed by atoms with van der Waals surface area (Å²) >= 11 is 1.93. The van der Waals surface area contributed by atoms with Gasteiger partial charge in [0, 0.05) is 18.7 Å². The van der Waals surface area contributed by atoms with Crippen LogP contribution in [-0.2, 0) is 14.8 Å². The van der Waals surface area contributed by atoms with Crippen molar-refractivity contribution in [1.29, 1.82) is 0 Å². The van der Waals surface area contributed by atoms with Gasteiger partial charge in [-0.1, -0.05) is 24.3 Å². The molecule has 0 saturated carbocycles. The number of nitro benzene ring substituents is 1. The molecule has 0 bridgehead atoms. The summed E-state index contributed by atoms with van der Waals surface area (Å²) in [4.78, 5) is 24.5. The second kappa shape index (κ2) is 8.09. The maximum absolute atomic E-state index is 12.7. The molecular formula is C17H13N3O5S3. The lowest BCUT2D eigenvalue weighted by Gasteiger charge is -2.12. The van der Waals surface area contributed by atoms with E-state index in [1.807, 2.05) is 0 Å². The molecule has 144 valence electrons. The molecule has 2 aromatic rings. The van der Waals surface area contributed by atoms with Gasteiger partial charge in [-0.2, -0.15) is 8.42 Å². The minimum absolute atomic E-state index is 0.00924. The Morgan fingerprint density at radius 3 is 2.71 bits per heavy atom. The number of carbonyl (C=O) groups is 1. The van der Waals surface area contributed by atoms with Gasteiger partial charge in [-0.15, -0.1) is 22.3 Å². The summed E-state index contributed by atoms with van der Waals surface area (Å²) in [7, 11) is -3.95. The molecule has 0 spiro atoms. The SMILES string of the molecule is C=CCN1C(=O)/C(=C/c2cccc([N+](=O)[O-])c2)S/C1=N/S(=O)(=O)c1cccs1. The highest BCUT2D eigenvalue weighted by Gasteiger charge is 2.34. The highest BCUT2D eigenvalue weighted by Crippen LogP contribution is 2.34. The van der Waals surface area contributed by atoms with Crippen molar-refractivity contribution in [2.45, 2.75) is 4.21 Å². The molecule has 8 nitrogen and oxygen atoms in total. The summed E-state index contributed by atoms with van der Waals surface area (Å²) in [6, 6.07) is 8.82. The van der Waals surface area contributed by atoms with E-state index in [0.29, 0.717) is 5.56 Å². The zero-order chi connectivity index (χ0) is 20.3. The van der Waals surface area contributed by atoms with Crippen molar-refractivity contribution in [2.75, 3.05) is 6.54 Å². The molecule has 1 aliphatic heterocycles. The maximum Gasteiger partial charge on any atom is 0.294 e. The van der Waals surface area contributed by atoms with Crippen molar-refractivity contribution in [3.8, 4) is 0 Å². The number of hydrogen-bond donors (Lipinski definition) is 0. The summed E-state index contributed by atoms with van der Waals surface area (Å²) in [6.45, 7) is 3.66. The zero-order valence-corrected chi connectivity index (χ0v) is 16.7.